The summed E-state index contributed by atoms with van der Waals surface area (Å²) >= 11 is 0. The van der Waals surface area contributed by atoms with Crippen molar-refractivity contribution in [1.82, 2.24) is 5.32 Å². The maximum Gasteiger partial charge on any atom is 0.227 e. The molecule has 2 rings (SSSR count). The average molecular weight is 238 g/mol. The van der Waals surface area contributed by atoms with Crippen molar-refractivity contribution < 1.29 is 9.90 Å². The first kappa shape index (κ1) is 12.6. The highest BCUT2D eigenvalue weighted by Gasteiger charge is 2.28. The predicted molar refractivity (Wildman–Crippen MR) is 66.1 cm³/mol. The highest BCUT2D eigenvalue weighted by molar-refractivity contribution is 5.81. The second-order valence-corrected chi connectivity index (χ2v) is 5.27. The van der Waals surface area contributed by atoms with Gasteiger partial charge >= 0.3 is 0 Å². The van der Waals surface area contributed by atoms with Crippen LogP contribution in [0.2, 0.25) is 0 Å². The fourth-order valence-electron chi connectivity index (χ4n) is 2.91. The lowest BCUT2D eigenvalue weighted by Crippen LogP contribution is -2.35. The van der Waals surface area contributed by atoms with Crippen LogP contribution in [-0.2, 0) is 4.79 Å². The summed E-state index contributed by atoms with van der Waals surface area (Å²) in [5.41, 5.74) is 5.72. The van der Waals surface area contributed by atoms with Gasteiger partial charge in [0.05, 0.1) is 5.92 Å². The fraction of sp³-hybridized carbons (Fsp3) is 0.769. The van der Waals surface area contributed by atoms with E-state index in [-0.39, 0.29) is 24.5 Å². The Balaban J connectivity index is 1.74. The number of hydrogen-bond donors (Lipinski definition) is 3. The lowest BCUT2D eigenvalue weighted by Gasteiger charge is -2.19. The quantitative estimate of drug-likeness (QED) is 0.621. The van der Waals surface area contributed by atoms with Gasteiger partial charge in [-0.2, -0.15) is 0 Å². The summed E-state index contributed by atoms with van der Waals surface area (Å²) in [7, 11) is 0. The van der Waals surface area contributed by atoms with E-state index in [1.807, 2.05) is 12.2 Å². The molecule has 0 radical (unpaired) electrons. The topological polar surface area (TPSA) is 75.4 Å². The molecule has 0 aromatic rings. The molecule has 4 nitrogen and oxygen atoms in total. The minimum Gasteiger partial charge on any atom is -0.396 e. The molecule has 0 bridgehead atoms. The SMILES string of the molecule is NC1C=CC(C(=O)NCC2CCCC2CO)C1. The van der Waals surface area contributed by atoms with Crippen LogP contribution in [-0.4, -0.2) is 30.2 Å². The van der Waals surface area contributed by atoms with Crippen LogP contribution in [0.5, 0.6) is 0 Å². The van der Waals surface area contributed by atoms with Gasteiger partial charge in [0.15, 0.2) is 0 Å². The van der Waals surface area contributed by atoms with E-state index in [1.54, 1.807) is 0 Å². The Kier molecular flexibility index (Phi) is 4.18. The number of amides is 1. The van der Waals surface area contributed by atoms with E-state index >= 15 is 0 Å². The number of nitrogens with one attached hydrogen (secondary N) is 1. The Bertz CT molecular complexity index is 304. The second-order valence-electron chi connectivity index (χ2n) is 5.27. The van der Waals surface area contributed by atoms with Crippen molar-refractivity contribution >= 4 is 5.91 Å². The lowest BCUT2D eigenvalue weighted by molar-refractivity contribution is -0.123. The van der Waals surface area contributed by atoms with E-state index in [9.17, 15) is 9.90 Å². The monoisotopic (exact) mass is 238 g/mol. The molecule has 0 aromatic carbocycles. The molecule has 0 saturated heterocycles. The number of rotatable bonds is 4. The first-order valence-corrected chi connectivity index (χ1v) is 6.53. The summed E-state index contributed by atoms with van der Waals surface area (Å²) in [5.74, 6) is 0.844. The Morgan fingerprint density at radius 1 is 1.35 bits per heavy atom. The molecule has 4 heteroatoms. The van der Waals surface area contributed by atoms with Gasteiger partial charge in [-0.1, -0.05) is 18.6 Å². The minimum atomic E-state index is -0.0565. The van der Waals surface area contributed by atoms with Crippen LogP contribution in [0.25, 0.3) is 0 Å². The molecule has 0 heterocycles. The van der Waals surface area contributed by atoms with E-state index in [0.29, 0.717) is 18.4 Å². The van der Waals surface area contributed by atoms with Gasteiger partial charge in [-0.15, -0.1) is 0 Å². The molecule has 2 aliphatic carbocycles. The van der Waals surface area contributed by atoms with Crippen LogP contribution >= 0.6 is 0 Å². The third kappa shape index (κ3) is 3.07. The molecule has 4 N–H and O–H groups in total. The maximum absolute atomic E-state index is 11.9. The molecular formula is C13H22N2O2. The Morgan fingerprint density at radius 2 is 2.12 bits per heavy atom. The highest BCUT2D eigenvalue weighted by Crippen LogP contribution is 2.30. The van der Waals surface area contributed by atoms with Crippen LogP contribution in [0.1, 0.15) is 25.7 Å². The Labute approximate surface area is 102 Å². The molecule has 4 unspecified atom stereocenters. The van der Waals surface area contributed by atoms with Crippen molar-refractivity contribution in [2.45, 2.75) is 31.7 Å². The van der Waals surface area contributed by atoms with Crippen molar-refractivity contribution in [3.8, 4) is 0 Å². The standard InChI is InChI=1S/C13H22N2O2/c14-12-5-4-9(6-12)13(17)15-7-10-2-1-3-11(10)8-16/h4-5,9-12,16H,1-3,6-8,14H2,(H,15,17). The van der Waals surface area contributed by atoms with E-state index < -0.39 is 0 Å². The first-order valence-electron chi connectivity index (χ1n) is 6.53. The van der Waals surface area contributed by atoms with Crippen LogP contribution < -0.4 is 11.1 Å². The maximum atomic E-state index is 11.9. The second kappa shape index (κ2) is 5.65. The molecule has 4 atom stereocenters. The zero-order chi connectivity index (χ0) is 12.3. The van der Waals surface area contributed by atoms with Crippen LogP contribution in [0.15, 0.2) is 12.2 Å². The van der Waals surface area contributed by atoms with Gasteiger partial charge < -0.3 is 16.2 Å². The largest absolute Gasteiger partial charge is 0.396 e. The van der Waals surface area contributed by atoms with Crippen molar-refractivity contribution in [3.63, 3.8) is 0 Å². The predicted octanol–water partition coefficient (Wildman–Crippen LogP) is 0.415. The summed E-state index contributed by atoms with van der Waals surface area (Å²) in [6.45, 7) is 0.943. The van der Waals surface area contributed by atoms with E-state index in [0.717, 1.165) is 19.3 Å². The molecule has 1 saturated carbocycles. The minimum absolute atomic E-state index is 0.0300. The number of nitrogens with two attached hydrogens (primary N) is 1. The lowest BCUT2D eigenvalue weighted by atomic mass is 9.96. The molecule has 96 valence electrons. The number of aliphatic hydroxyl groups excluding tert-OH is 1. The number of carbonyl (C=O) groups excluding carboxylic acids is 1. The molecule has 0 aliphatic heterocycles. The summed E-state index contributed by atoms with van der Waals surface area (Å²) in [6.07, 6.45) is 7.89. The van der Waals surface area contributed by atoms with E-state index in [4.69, 9.17) is 5.73 Å². The average Bonchev–Trinajstić information content (AvgIpc) is 2.94. The van der Waals surface area contributed by atoms with Gasteiger partial charge in [0.25, 0.3) is 0 Å². The summed E-state index contributed by atoms with van der Waals surface area (Å²) in [6, 6.07) is 0.0300. The first-order chi connectivity index (χ1) is 8.20. The van der Waals surface area contributed by atoms with Crippen molar-refractivity contribution in [1.29, 1.82) is 0 Å². The number of carbonyl (C=O) groups is 1. The van der Waals surface area contributed by atoms with Crippen molar-refractivity contribution in [2.24, 2.45) is 23.5 Å². The number of hydrogen-bond acceptors (Lipinski definition) is 3. The molecule has 0 aromatic heterocycles. The molecule has 2 aliphatic rings. The normalized spacial score (nSPS) is 36.4. The van der Waals surface area contributed by atoms with E-state index in [1.165, 1.54) is 6.42 Å². The van der Waals surface area contributed by atoms with Gasteiger partial charge in [0.1, 0.15) is 0 Å². The smallest absolute Gasteiger partial charge is 0.227 e. The van der Waals surface area contributed by atoms with Gasteiger partial charge in [0.2, 0.25) is 5.91 Å². The molecular weight excluding hydrogens is 216 g/mol. The molecule has 1 amide bonds. The van der Waals surface area contributed by atoms with Gasteiger partial charge in [-0.05, 0) is 31.1 Å². The third-order valence-corrected chi connectivity index (χ3v) is 4.04. The van der Waals surface area contributed by atoms with E-state index in [2.05, 4.69) is 5.32 Å². The molecule has 1 fully saturated rings. The molecule has 17 heavy (non-hydrogen) atoms. The summed E-state index contributed by atoms with van der Waals surface area (Å²) in [5, 5.41) is 12.2. The van der Waals surface area contributed by atoms with Gasteiger partial charge in [0, 0.05) is 19.2 Å². The third-order valence-electron chi connectivity index (χ3n) is 4.04. The van der Waals surface area contributed by atoms with Crippen LogP contribution in [0.3, 0.4) is 0 Å². The van der Waals surface area contributed by atoms with Crippen molar-refractivity contribution in [3.05, 3.63) is 12.2 Å². The zero-order valence-electron chi connectivity index (χ0n) is 10.1. The Hall–Kier alpha value is -0.870. The van der Waals surface area contributed by atoms with Gasteiger partial charge in [-0.25, -0.2) is 0 Å². The fourth-order valence-corrected chi connectivity index (χ4v) is 2.91. The Morgan fingerprint density at radius 3 is 2.76 bits per heavy atom. The number of aliphatic hydroxyl groups is 1. The van der Waals surface area contributed by atoms with Crippen LogP contribution in [0.4, 0.5) is 0 Å². The van der Waals surface area contributed by atoms with Crippen molar-refractivity contribution in [2.75, 3.05) is 13.2 Å². The van der Waals surface area contributed by atoms with Crippen LogP contribution in [0, 0.1) is 17.8 Å². The zero-order valence-corrected chi connectivity index (χ0v) is 10.1. The summed E-state index contributed by atoms with van der Waals surface area (Å²) < 4.78 is 0. The van der Waals surface area contributed by atoms with Gasteiger partial charge in [-0.3, -0.25) is 4.79 Å². The summed E-state index contributed by atoms with van der Waals surface area (Å²) in [4.78, 5) is 11.9. The highest BCUT2D eigenvalue weighted by atomic mass is 16.3. The molecule has 0 spiro atoms.